The number of anilines is 1. The number of hydrogen-bond acceptors (Lipinski definition) is 3. The number of aryl methyl sites for hydroxylation is 3. The van der Waals surface area contributed by atoms with Gasteiger partial charge in [-0.25, -0.2) is 13.2 Å². The molecule has 0 unspecified atom stereocenters. The maximum absolute atomic E-state index is 14.0. The van der Waals surface area contributed by atoms with Crippen molar-refractivity contribution < 1.29 is 18.3 Å². The molecule has 3 aromatic rings. The van der Waals surface area contributed by atoms with Gasteiger partial charge in [-0.1, -0.05) is 88.4 Å². The molecule has 0 aromatic heterocycles. The van der Waals surface area contributed by atoms with Gasteiger partial charge in [-0.3, -0.25) is 4.31 Å². The highest BCUT2D eigenvalue weighted by Crippen LogP contribution is 2.29. The first-order valence-electron chi connectivity index (χ1n) is 13.9. The Kier molecular flexibility index (Phi) is 11.4. The van der Waals surface area contributed by atoms with Crippen LogP contribution in [0.5, 0.6) is 0 Å². The summed E-state index contributed by atoms with van der Waals surface area (Å²) < 4.78 is 29.6. The third-order valence-corrected chi connectivity index (χ3v) is 8.77. The van der Waals surface area contributed by atoms with E-state index in [0.29, 0.717) is 24.3 Å². The summed E-state index contributed by atoms with van der Waals surface area (Å²) in [4.78, 5) is 11.5. The van der Waals surface area contributed by atoms with Gasteiger partial charge in [0.2, 0.25) is 0 Å². The Labute approximate surface area is 228 Å². The first kappa shape index (κ1) is 29.4. The van der Waals surface area contributed by atoms with E-state index < -0.39 is 16.0 Å². The molecule has 0 aliphatic rings. The van der Waals surface area contributed by atoms with E-state index in [1.54, 1.807) is 28.6 Å². The van der Waals surface area contributed by atoms with Gasteiger partial charge >= 0.3 is 5.97 Å². The van der Waals surface area contributed by atoms with Crippen molar-refractivity contribution in [3.63, 3.8) is 0 Å². The van der Waals surface area contributed by atoms with Crippen molar-refractivity contribution in [1.29, 1.82) is 0 Å². The Morgan fingerprint density at radius 3 is 1.97 bits per heavy atom. The second-order valence-electron chi connectivity index (χ2n) is 9.87. The summed E-state index contributed by atoms with van der Waals surface area (Å²) in [6.45, 7) is 4.76. The van der Waals surface area contributed by atoms with E-state index in [0.717, 1.165) is 73.7 Å². The summed E-state index contributed by atoms with van der Waals surface area (Å²) in [6.07, 6.45) is 9.68. The monoisotopic (exact) mass is 535 g/mol. The molecule has 5 nitrogen and oxygen atoms in total. The zero-order valence-electron chi connectivity index (χ0n) is 22.7. The van der Waals surface area contributed by atoms with Gasteiger partial charge in [0, 0.05) is 6.54 Å². The van der Waals surface area contributed by atoms with Crippen molar-refractivity contribution in [1.82, 2.24) is 0 Å². The number of carbonyl (C=O) groups is 1. The number of rotatable bonds is 16. The van der Waals surface area contributed by atoms with Crippen LogP contribution in [-0.2, 0) is 29.3 Å². The fourth-order valence-electron chi connectivity index (χ4n) is 4.62. The molecule has 0 bridgehead atoms. The molecule has 0 amide bonds. The van der Waals surface area contributed by atoms with Crippen LogP contribution >= 0.6 is 0 Å². The number of aromatic carboxylic acids is 1. The Morgan fingerprint density at radius 1 is 0.711 bits per heavy atom. The van der Waals surface area contributed by atoms with Gasteiger partial charge in [-0.2, -0.15) is 0 Å². The first-order valence-corrected chi connectivity index (χ1v) is 15.3. The van der Waals surface area contributed by atoms with E-state index in [-0.39, 0.29) is 5.56 Å². The van der Waals surface area contributed by atoms with Crippen LogP contribution in [0.25, 0.3) is 0 Å². The zero-order chi connectivity index (χ0) is 27.4. The lowest BCUT2D eigenvalue weighted by atomic mass is 10.0. The van der Waals surface area contributed by atoms with E-state index in [4.69, 9.17) is 5.11 Å². The van der Waals surface area contributed by atoms with Crippen molar-refractivity contribution >= 4 is 21.7 Å². The smallest absolute Gasteiger partial charge is 0.335 e. The number of carboxylic acids is 1. The summed E-state index contributed by atoms with van der Waals surface area (Å²) >= 11 is 0. The van der Waals surface area contributed by atoms with Gasteiger partial charge in [-0.05, 0) is 79.1 Å². The van der Waals surface area contributed by atoms with Gasteiger partial charge < -0.3 is 5.11 Å². The molecule has 0 radical (unpaired) electrons. The second-order valence-corrected chi connectivity index (χ2v) is 11.7. The van der Waals surface area contributed by atoms with E-state index >= 15 is 0 Å². The minimum absolute atomic E-state index is 0.259. The van der Waals surface area contributed by atoms with E-state index in [1.807, 2.05) is 48.5 Å². The number of hydrogen-bond donors (Lipinski definition) is 1. The third kappa shape index (κ3) is 8.19. The van der Waals surface area contributed by atoms with Crippen molar-refractivity contribution in [3.05, 3.63) is 95.1 Å². The zero-order valence-corrected chi connectivity index (χ0v) is 23.6. The molecule has 1 N–H and O–H groups in total. The van der Waals surface area contributed by atoms with Crippen LogP contribution in [-0.4, -0.2) is 26.0 Å². The van der Waals surface area contributed by atoms with E-state index in [2.05, 4.69) is 13.8 Å². The van der Waals surface area contributed by atoms with Crippen molar-refractivity contribution in [2.75, 3.05) is 10.8 Å². The number of benzene rings is 3. The van der Waals surface area contributed by atoms with Crippen LogP contribution in [0.15, 0.2) is 77.7 Å². The quantitative estimate of drug-likeness (QED) is 0.191. The van der Waals surface area contributed by atoms with Crippen molar-refractivity contribution in [2.24, 2.45) is 0 Å². The van der Waals surface area contributed by atoms with E-state index in [1.165, 1.54) is 0 Å². The maximum Gasteiger partial charge on any atom is 0.335 e. The fourth-order valence-corrected chi connectivity index (χ4v) is 6.16. The lowest BCUT2D eigenvalue weighted by Crippen LogP contribution is -2.33. The lowest BCUT2D eigenvalue weighted by Gasteiger charge is -2.27. The molecule has 0 saturated carbocycles. The molecule has 0 fully saturated rings. The van der Waals surface area contributed by atoms with Crippen LogP contribution in [0.3, 0.4) is 0 Å². The minimum Gasteiger partial charge on any atom is -0.478 e. The fraction of sp³-hybridized carbons (Fsp3) is 0.406. The second kappa shape index (κ2) is 14.7. The topological polar surface area (TPSA) is 74.7 Å². The van der Waals surface area contributed by atoms with Crippen LogP contribution in [0.4, 0.5) is 5.69 Å². The summed E-state index contributed by atoms with van der Waals surface area (Å²) in [5.74, 6) is -0.944. The van der Waals surface area contributed by atoms with Gasteiger partial charge in [0.15, 0.2) is 0 Å². The highest BCUT2D eigenvalue weighted by atomic mass is 32.2. The molecule has 0 saturated heterocycles. The third-order valence-electron chi connectivity index (χ3n) is 6.94. The van der Waals surface area contributed by atoms with Gasteiger partial charge in [0.25, 0.3) is 10.0 Å². The molecule has 6 heteroatoms. The molecule has 3 rings (SSSR count). The first-order chi connectivity index (χ1) is 18.4. The van der Waals surface area contributed by atoms with Crippen LogP contribution < -0.4 is 4.31 Å². The lowest BCUT2D eigenvalue weighted by molar-refractivity contribution is 0.0697. The van der Waals surface area contributed by atoms with Gasteiger partial charge in [0.05, 0.1) is 16.1 Å². The average Bonchev–Trinajstić information content (AvgIpc) is 2.93. The molecule has 0 aliphatic heterocycles. The van der Waals surface area contributed by atoms with E-state index in [9.17, 15) is 13.2 Å². The summed E-state index contributed by atoms with van der Waals surface area (Å²) in [5.41, 5.74) is 4.12. The predicted molar refractivity (Wildman–Crippen MR) is 156 cm³/mol. The average molecular weight is 536 g/mol. The largest absolute Gasteiger partial charge is 0.478 e. The molecular formula is C32H41NO4S. The molecule has 3 aromatic carbocycles. The summed E-state index contributed by atoms with van der Waals surface area (Å²) in [6, 6.07) is 22.0. The number of unbranched alkanes of at least 4 members (excludes halogenated alkanes) is 5. The molecule has 0 spiro atoms. The standard InChI is InChI=1S/C32H41NO4S/c1-3-5-7-8-11-25-33(38(36,37)30-23-18-26(19-24-30)12-6-4-2)31-14-10-9-13-28(31)20-15-27-16-21-29(22-17-27)32(34)35/h9-10,13-14,16-19,21-24H,3-8,11-12,15,20,25H2,1-2H3,(H,34,35). The highest BCUT2D eigenvalue weighted by Gasteiger charge is 2.26. The number of carboxylic acid groups (broad SMARTS) is 1. The van der Waals surface area contributed by atoms with Crippen molar-refractivity contribution in [2.45, 2.75) is 83.0 Å². The van der Waals surface area contributed by atoms with Gasteiger partial charge in [-0.15, -0.1) is 0 Å². The Balaban J connectivity index is 1.87. The van der Waals surface area contributed by atoms with Crippen molar-refractivity contribution in [3.8, 4) is 0 Å². The number of para-hydroxylation sites is 1. The van der Waals surface area contributed by atoms with Crippen LogP contribution in [0.2, 0.25) is 0 Å². The van der Waals surface area contributed by atoms with Gasteiger partial charge in [0.1, 0.15) is 0 Å². The number of sulfonamides is 1. The molecule has 0 heterocycles. The predicted octanol–water partition coefficient (Wildman–Crippen LogP) is 7.68. The molecule has 204 valence electrons. The molecule has 38 heavy (non-hydrogen) atoms. The molecular weight excluding hydrogens is 494 g/mol. The normalized spacial score (nSPS) is 11.4. The molecule has 0 aliphatic carbocycles. The van der Waals surface area contributed by atoms with Crippen LogP contribution in [0.1, 0.15) is 85.8 Å². The molecule has 0 atom stereocenters. The summed E-state index contributed by atoms with van der Waals surface area (Å²) in [5, 5.41) is 9.16. The number of nitrogens with zero attached hydrogens (tertiary/aromatic N) is 1. The Hall–Kier alpha value is -3.12. The minimum atomic E-state index is -3.74. The maximum atomic E-state index is 14.0. The Bertz CT molecular complexity index is 1250. The summed E-state index contributed by atoms with van der Waals surface area (Å²) in [7, 11) is -3.74. The Morgan fingerprint density at radius 2 is 1.32 bits per heavy atom. The SMILES string of the molecule is CCCCCCCN(c1ccccc1CCc1ccc(C(=O)O)cc1)S(=O)(=O)c1ccc(CCCC)cc1. The highest BCUT2D eigenvalue weighted by molar-refractivity contribution is 7.92. The van der Waals surface area contributed by atoms with Crippen LogP contribution in [0, 0.1) is 0 Å².